The van der Waals surface area contributed by atoms with Crippen molar-refractivity contribution >= 4 is 9.84 Å². The van der Waals surface area contributed by atoms with Crippen LogP contribution in [-0.4, -0.2) is 36.2 Å². The summed E-state index contributed by atoms with van der Waals surface area (Å²) in [7, 11) is -2.85. The fourth-order valence-corrected chi connectivity index (χ4v) is 4.24. The standard InChI is InChI=1S/C13H23N3O2S/c1-3-6-14-13(4-2)11-8-15-16(9-11)12-5-7-19(17,18)10-12/h8-9,12-14H,3-7,10H2,1-2H3. The molecule has 0 saturated carbocycles. The SMILES string of the molecule is CCCNC(CC)c1cnn(C2CCS(=O)(=O)C2)c1. The smallest absolute Gasteiger partial charge is 0.152 e. The molecule has 19 heavy (non-hydrogen) atoms. The lowest BCUT2D eigenvalue weighted by Gasteiger charge is -2.14. The predicted molar refractivity (Wildman–Crippen MR) is 75.9 cm³/mol. The lowest BCUT2D eigenvalue weighted by molar-refractivity contribution is 0.493. The Morgan fingerprint density at radius 3 is 2.89 bits per heavy atom. The van der Waals surface area contributed by atoms with Gasteiger partial charge in [-0.15, -0.1) is 0 Å². The number of rotatable bonds is 6. The first-order valence-corrected chi connectivity index (χ1v) is 8.85. The number of sulfone groups is 1. The van der Waals surface area contributed by atoms with Crippen LogP contribution in [0, 0.1) is 0 Å². The summed E-state index contributed by atoms with van der Waals surface area (Å²) < 4.78 is 24.8. The van der Waals surface area contributed by atoms with E-state index in [9.17, 15) is 8.42 Å². The van der Waals surface area contributed by atoms with Gasteiger partial charge in [0.1, 0.15) is 0 Å². The quantitative estimate of drug-likeness (QED) is 0.864. The van der Waals surface area contributed by atoms with Crippen LogP contribution in [0.5, 0.6) is 0 Å². The van der Waals surface area contributed by atoms with Crippen LogP contribution in [0.4, 0.5) is 0 Å². The minimum atomic E-state index is -2.85. The van der Waals surface area contributed by atoms with Gasteiger partial charge >= 0.3 is 0 Å². The van der Waals surface area contributed by atoms with Gasteiger partial charge in [-0.25, -0.2) is 8.42 Å². The highest BCUT2D eigenvalue weighted by molar-refractivity contribution is 7.91. The predicted octanol–water partition coefficient (Wildman–Crippen LogP) is 1.69. The van der Waals surface area contributed by atoms with Crippen molar-refractivity contribution in [1.82, 2.24) is 15.1 Å². The minimum Gasteiger partial charge on any atom is -0.310 e. The Morgan fingerprint density at radius 1 is 1.53 bits per heavy atom. The molecule has 2 rings (SSSR count). The molecule has 0 spiro atoms. The Bertz CT molecular complexity index is 510. The molecule has 1 fully saturated rings. The molecule has 1 aromatic heterocycles. The highest BCUT2D eigenvalue weighted by atomic mass is 32.2. The van der Waals surface area contributed by atoms with E-state index < -0.39 is 9.84 Å². The van der Waals surface area contributed by atoms with Gasteiger partial charge in [0.2, 0.25) is 0 Å². The lowest BCUT2D eigenvalue weighted by atomic mass is 10.1. The fourth-order valence-electron chi connectivity index (χ4n) is 2.53. The molecule has 0 radical (unpaired) electrons. The van der Waals surface area contributed by atoms with Crippen LogP contribution >= 0.6 is 0 Å². The van der Waals surface area contributed by atoms with Crippen LogP contribution in [0.2, 0.25) is 0 Å². The lowest BCUT2D eigenvalue weighted by Crippen LogP contribution is -2.21. The van der Waals surface area contributed by atoms with Gasteiger partial charge in [-0.05, 0) is 25.8 Å². The van der Waals surface area contributed by atoms with E-state index in [-0.39, 0.29) is 17.5 Å². The Labute approximate surface area is 115 Å². The minimum absolute atomic E-state index is 0.0161. The van der Waals surface area contributed by atoms with E-state index in [0.29, 0.717) is 12.5 Å². The molecule has 1 saturated heterocycles. The fraction of sp³-hybridized carbons (Fsp3) is 0.769. The van der Waals surface area contributed by atoms with Crippen molar-refractivity contribution in [2.75, 3.05) is 18.1 Å². The Hall–Kier alpha value is -0.880. The maximum absolute atomic E-state index is 11.5. The zero-order valence-electron chi connectivity index (χ0n) is 11.7. The second kappa shape index (κ2) is 6.05. The maximum atomic E-state index is 11.5. The molecule has 5 nitrogen and oxygen atoms in total. The number of hydrogen-bond donors (Lipinski definition) is 1. The van der Waals surface area contributed by atoms with E-state index in [1.807, 2.05) is 17.1 Å². The molecule has 1 N–H and O–H groups in total. The Balaban J connectivity index is 2.06. The monoisotopic (exact) mass is 285 g/mol. The third kappa shape index (κ3) is 3.57. The van der Waals surface area contributed by atoms with Crippen LogP contribution < -0.4 is 5.32 Å². The second-order valence-electron chi connectivity index (χ2n) is 5.23. The first kappa shape index (κ1) is 14.5. The van der Waals surface area contributed by atoms with E-state index >= 15 is 0 Å². The molecule has 0 bridgehead atoms. The molecular formula is C13H23N3O2S. The molecule has 2 atom stereocenters. The van der Waals surface area contributed by atoms with Crippen LogP contribution in [0.25, 0.3) is 0 Å². The zero-order valence-corrected chi connectivity index (χ0v) is 12.5. The number of nitrogens with zero attached hydrogens (tertiary/aromatic N) is 2. The van der Waals surface area contributed by atoms with E-state index in [4.69, 9.17) is 0 Å². The van der Waals surface area contributed by atoms with Crippen LogP contribution in [0.15, 0.2) is 12.4 Å². The third-order valence-electron chi connectivity index (χ3n) is 3.66. The molecule has 2 unspecified atom stereocenters. The highest BCUT2D eigenvalue weighted by Gasteiger charge is 2.29. The van der Waals surface area contributed by atoms with Crippen molar-refractivity contribution in [3.63, 3.8) is 0 Å². The van der Waals surface area contributed by atoms with Crippen molar-refractivity contribution in [1.29, 1.82) is 0 Å². The van der Waals surface area contributed by atoms with Crippen molar-refractivity contribution in [3.05, 3.63) is 18.0 Å². The maximum Gasteiger partial charge on any atom is 0.152 e. The first-order valence-electron chi connectivity index (χ1n) is 7.03. The summed E-state index contributed by atoms with van der Waals surface area (Å²) in [6.45, 7) is 5.28. The molecule has 1 aromatic rings. The topological polar surface area (TPSA) is 64.0 Å². The van der Waals surface area contributed by atoms with Gasteiger partial charge in [-0.1, -0.05) is 13.8 Å². The number of nitrogens with one attached hydrogen (secondary N) is 1. The molecule has 6 heteroatoms. The summed E-state index contributed by atoms with van der Waals surface area (Å²) in [6.07, 6.45) is 6.66. The van der Waals surface area contributed by atoms with E-state index in [0.717, 1.165) is 24.9 Å². The molecule has 0 aromatic carbocycles. The van der Waals surface area contributed by atoms with Crippen molar-refractivity contribution in [2.45, 2.75) is 45.2 Å². The van der Waals surface area contributed by atoms with Gasteiger partial charge in [-0.2, -0.15) is 5.10 Å². The Morgan fingerprint density at radius 2 is 2.32 bits per heavy atom. The summed E-state index contributed by atoms with van der Waals surface area (Å²) in [4.78, 5) is 0. The Kier molecular flexibility index (Phi) is 4.62. The molecular weight excluding hydrogens is 262 g/mol. The molecule has 1 aliphatic heterocycles. The first-order chi connectivity index (χ1) is 9.05. The second-order valence-corrected chi connectivity index (χ2v) is 7.45. The normalized spacial score (nSPS) is 23.6. The molecule has 0 amide bonds. The van der Waals surface area contributed by atoms with Crippen molar-refractivity contribution in [3.8, 4) is 0 Å². The van der Waals surface area contributed by atoms with E-state index in [1.165, 1.54) is 0 Å². The molecule has 0 aliphatic carbocycles. The molecule has 1 aliphatic rings. The largest absolute Gasteiger partial charge is 0.310 e. The van der Waals surface area contributed by atoms with Gasteiger partial charge in [0.05, 0.1) is 23.7 Å². The van der Waals surface area contributed by atoms with Gasteiger partial charge < -0.3 is 5.32 Å². The molecule has 2 heterocycles. The van der Waals surface area contributed by atoms with Crippen LogP contribution in [0.1, 0.15) is 50.8 Å². The highest BCUT2D eigenvalue weighted by Crippen LogP contribution is 2.25. The zero-order chi connectivity index (χ0) is 13.9. The van der Waals surface area contributed by atoms with Crippen LogP contribution in [0.3, 0.4) is 0 Å². The summed E-state index contributed by atoms with van der Waals surface area (Å²) >= 11 is 0. The van der Waals surface area contributed by atoms with Gasteiger partial charge in [0.15, 0.2) is 9.84 Å². The van der Waals surface area contributed by atoms with E-state index in [2.05, 4.69) is 24.3 Å². The summed E-state index contributed by atoms with van der Waals surface area (Å²) in [5.41, 5.74) is 1.15. The molecule has 108 valence electrons. The average molecular weight is 285 g/mol. The van der Waals surface area contributed by atoms with Gasteiger partial charge in [0.25, 0.3) is 0 Å². The van der Waals surface area contributed by atoms with Gasteiger partial charge in [0, 0.05) is 17.8 Å². The number of aromatic nitrogens is 2. The third-order valence-corrected chi connectivity index (χ3v) is 5.41. The van der Waals surface area contributed by atoms with Gasteiger partial charge in [-0.3, -0.25) is 4.68 Å². The number of hydrogen-bond acceptors (Lipinski definition) is 4. The summed E-state index contributed by atoms with van der Waals surface area (Å²) in [5, 5.41) is 7.84. The summed E-state index contributed by atoms with van der Waals surface area (Å²) in [6, 6.07) is 0.328. The van der Waals surface area contributed by atoms with Crippen molar-refractivity contribution in [2.24, 2.45) is 0 Å². The summed E-state index contributed by atoms with van der Waals surface area (Å²) in [5.74, 6) is 0.519. The van der Waals surface area contributed by atoms with E-state index in [1.54, 1.807) is 0 Å². The average Bonchev–Trinajstić information content (AvgIpc) is 2.97. The van der Waals surface area contributed by atoms with Crippen LogP contribution in [-0.2, 0) is 9.84 Å². The van der Waals surface area contributed by atoms with Crippen molar-refractivity contribution < 1.29 is 8.42 Å².